The first-order valence-electron chi connectivity index (χ1n) is 12.0. The molecule has 2 fully saturated rings. The highest BCUT2D eigenvalue weighted by Gasteiger charge is 2.25. The smallest absolute Gasteiger partial charge is 0.253 e. The van der Waals surface area contributed by atoms with Crippen molar-refractivity contribution in [1.29, 1.82) is 5.26 Å². The molecule has 2 saturated heterocycles. The Kier molecular flexibility index (Phi) is 7.61. The maximum Gasteiger partial charge on any atom is 0.253 e. The van der Waals surface area contributed by atoms with Crippen LogP contribution in [0.1, 0.15) is 58.6 Å². The number of nitrogens with one attached hydrogen (secondary N) is 1. The van der Waals surface area contributed by atoms with Gasteiger partial charge in [0.2, 0.25) is 5.91 Å². The predicted molar refractivity (Wildman–Crippen MR) is 131 cm³/mol. The summed E-state index contributed by atoms with van der Waals surface area (Å²) in [5.41, 5.74) is 4.04. The van der Waals surface area contributed by atoms with E-state index in [1.165, 1.54) is 5.56 Å². The molecule has 2 N–H and O–H groups in total. The summed E-state index contributed by atoms with van der Waals surface area (Å²) in [7, 11) is 0. The maximum absolute atomic E-state index is 13.2. The minimum atomic E-state index is -0.265. The van der Waals surface area contributed by atoms with Crippen molar-refractivity contribution in [3.8, 4) is 6.07 Å². The fourth-order valence-corrected chi connectivity index (χ4v) is 4.79. The second-order valence-corrected chi connectivity index (χ2v) is 9.39. The third-order valence-electron chi connectivity index (χ3n) is 6.98. The number of aryl methyl sites for hydroxylation is 1. The van der Waals surface area contributed by atoms with E-state index < -0.39 is 0 Å². The Morgan fingerprint density at radius 1 is 1.03 bits per heavy atom. The largest absolute Gasteiger partial charge is 0.393 e. The molecule has 0 aliphatic carbocycles. The summed E-state index contributed by atoms with van der Waals surface area (Å²) in [5.74, 6) is 0.270. The van der Waals surface area contributed by atoms with Gasteiger partial charge in [0.15, 0.2) is 0 Å². The molecule has 0 bridgehead atoms. The molecule has 7 heteroatoms. The average molecular weight is 461 g/mol. The van der Waals surface area contributed by atoms with E-state index in [1.54, 1.807) is 6.07 Å². The van der Waals surface area contributed by atoms with Gasteiger partial charge in [-0.05, 0) is 73.9 Å². The normalized spacial score (nSPS) is 17.9. The van der Waals surface area contributed by atoms with Gasteiger partial charge in [-0.3, -0.25) is 14.5 Å². The molecule has 2 aromatic carbocycles. The quantitative estimate of drug-likeness (QED) is 0.714. The zero-order valence-electron chi connectivity index (χ0n) is 19.7. The van der Waals surface area contributed by atoms with Gasteiger partial charge in [-0.25, -0.2) is 0 Å². The summed E-state index contributed by atoms with van der Waals surface area (Å²) < 4.78 is 0. The molecule has 2 aliphatic rings. The molecular weight excluding hydrogens is 428 g/mol. The first-order chi connectivity index (χ1) is 16.4. The first kappa shape index (κ1) is 23.9. The molecule has 2 aromatic rings. The highest BCUT2D eigenvalue weighted by molar-refractivity contribution is 5.98. The number of anilines is 1. The minimum absolute atomic E-state index is 0.0150. The van der Waals surface area contributed by atoms with Gasteiger partial charge in [0.25, 0.3) is 5.91 Å². The van der Waals surface area contributed by atoms with Crippen molar-refractivity contribution in [1.82, 2.24) is 9.80 Å². The lowest BCUT2D eigenvalue weighted by atomic mass is 9.89. The molecule has 2 aliphatic heterocycles. The second kappa shape index (κ2) is 10.8. The highest BCUT2D eigenvalue weighted by Crippen LogP contribution is 2.29. The lowest BCUT2D eigenvalue weighted by Crippen LogP contribution is -2.40. The monoisotopic (exact) mass is 460 g/mol. The van der Waals surface area contributed by atoms with Gasteiger partial charge in [0, 0.05) is 37.4 Å². The standard InChI is InChI=1S/C27H32N4O3/c1-19-2-5-23(16-25(19)29-26(33)18-30-12-10-24(32)11-13-30)27(34)31-14-8-22(9-15-31)21-6-3-20(17-28)4-7-21/h2-7,16,22,24,32H,8-15,18H2,1H3,(H,29,33). The number of nitriles is 1. The predicted octanol–water partition coefficient (Wildman–Crippen LogP) is 3.28. The van der Waals surface area contributed by atoms with Crippen molar-refractivity contribution in [2.24, 2.45) is 0 Å². The lowest BCUT2D eigenvalue weighted by Gasteiger charge is -2.32. The van der Waals surface area contributed by atoms with E-state index in [1.807, 2.05) is 53.1 Å². The second-order valence-electron chi connectivity index (χ2n) is 9.39. The van der Waals surface area contributed by atoms with Gasteiger partial charge >= 0.3 is 0 Å². The van der Waals surface area contributed by atoms with Crippen LogP contribution >= 0.6 is 0 Å². The van der Waals surface area contributed by atoms with E-state index in [9.17, 15) is 14.7 Å². The topological polar surface area (TPSA) is 96.7 Å². The van der Waals surface area contributed by atoms with Crippen molar-refractivity contribution in [3.05, 3.63) is 64.7 Å². The van der Waals surface area contributed by atoms with Crippen LogP contribution in [0.5, 0.6) is 0 Å². The number of amides is 2. The Morgan fingerprint density at radius 2 is 1.71 bits per heavy atom. The number of carbonyl (C=O) groups is 2. The molecule has 0 aromatic heterocycles. The van der Waals surface area contributed by atoms with E-state index in [0.717, 1.165) is 18.4 Å². The number of rotatable bonds is 5. The average Bonchev–Trinajstić information content (AvgIpc) is 2.86. The summed E-state index contributed by atoms with van der Waals surface area (Å²) in [5, 5.41) is 21.6. The summed E-state index contributed by atoms with van der Waals surface area (Å²) >= 11 is 0. The SMILES string of the molecule is Cc1ccc(C(=O)N2CCC(c3ccc(C#N)cc3)CC2)cc1NC(=O)CN1CCC(O)CC1. The van der Waals surface area contributed by atoms with Crippen molar-refractivity contribution >= 4 is 17.5 Å². The number of piperidine rings is 2. The van der Waals surface area contributed by atoms with Gasteiger partial charge in [-0.1, -0.05) is 18.2 Å². The number of carbonyl (C=O) groups excluding carboxylic acids is 2. The maximum atomic E-state index is 13.2. The van der Waals surface area contributed by atoms with Crippen LogP contribution in [0, 0.1) is 18.3 Å². The number of hydrogen-bond acceptors (Lipinski definition) is 5. The Hall–Kier alpha value is -3.21. The van der Waals surface area contributed by atoms with Crippen LogP contribution in [0.2, 0.25) is 0 Å². The third kappa shape index (κ3) is 5.82. The van der Waals surface area contributed by atoms with Gasteiger partial charge in [-0.15, -0.1) is 0 Å². The van der Waals surface area contributed by atoms with Gasteiger partial charge < -0.3 is 15.3 Å². The summed E-state index contributed by atoms with van der Waals surface area (Å²) in [6.45, 7) is 4.99. The van der Waals surface area contributed by atoms with E-state index >= 15 is 0 Å². The van der Waals surface area contributed by atoms with Crippen molar-refractivity contribution in [3.63, 3.8) is 0 Å². The Morgan fingerprint density at radius 3 is 2.35 bits per heavy atom. The fourth-order valence-electron chi connectivity index (χ4n) is 4.79. The lowest BCUT2D eigenvalue weighted by molar-refractivity contribution is -0.117. The zero-order chi connectivity index (χ0) is 24.1. The van der Waals surface area contributed by atoms with Crippen LogP contribution in [0.4, 0.5) is 5.69 Å². The fraction of sp³-hybridized carbons (Fsp3) is 0.444. The molecule has 7 nitrogen and oxygen atoms in total. The van der Waals surface area contributed by atoms with Crippen LogP contribution in [0.25, 0.3) is 0 Å². The molecule has 178 valence electrons. The van der Waals surface area contributed by atoms with E-state index in [2.05, 4.69) is 11.4 Å². The summed E-state index contributed by atoms with van der Waals surface area (Å²) in [6, 6.07) is 15.4. The Bertz CT molecular complexity index is 1060. The van der Waals surface area contributed by atoms with Crippen molar-refractivity contribution in [2.45, 2.75) is 44.6 Å². The molecule has 0 unspecified atom stereocenters. The van der Waals surface area contributed by atoms with E-state index in [-0.39, 0.29) is 24.5 Å². The van der Waals surface area contributed by atoms with Crippen LogP contribution in [0.15, 0.2) is 42.5 Å². The van der Waals surface area contributed by atoms with Crippen LogP contribution < -0.4 is 5.32 Å². The number of benzene rings is 2. The molecule has 0 radical (unpaired) electrons. The number of hydrogen-bond donors (Lipinski definition) is 2. The van der Waals surface area contributed by atoms with Crippen LogP contribution in [-0.2, 0) is 4.79 Å². The molecule has 0 spiro atoms. The molecule has 34 heavy (non-hydrogen) atoms. The molecular formula is C27H32N4O3. The van der Waals surface area contributed by atoms with Crippen LogP contribution in [-0.4, -0.2) is 65.5 Å². The number of aliphatic hydroxyl groups excluding tert-OH is 1. The number of likely N-dealkylation sites (tertiary alicyclic amines) is 2. The van der Waals surface area contributed by atoms with Crippen molar-refractivity contribution in [2.75, 3.05) is 38.0 Å². The van der Waals surface area contributed by atoms with Crippen LogP contribution in [0.3, 0.4) is 0 Å². The molecule has 4 rings (SSSR count). The molecule has 0 saturated carbocycles. The van der Waals surface area contributed by atoms with Gasteiger partial charge in [0.05, 0.1) is 24.3 Å². The molecule has 0 atom stereocenters. The van der Waals surface area contributed by atoms with Gasteiger partial charge in [0.1, 0.15) is 0 Å². The number of nitrogens with zero attached hydrogens (tertiary/aromatic N) is 3. The third-order valence-corrected chi connectivity index (χ3v) is 6.98. The number of aliphatic hydroxyl groups is 1. The van der Waals surface area contributed by atoms with Gasteiger partial charge in [-0.2, -0.15) is 5.26 Å². The van der Waals surface area contributed by atoms with E-state index in [4.69, 9.17) is 5.26 Å². The summed E-state index contributed by atoms with van der Waals surface area (Å²) in [4.78, 5) is 29.7. The summed E-state index contributed by atoms with van der Waals surface area (Å²) in [6.07, 6.45) is 2.89. The highest BCUT2D eigenvalue weighted by atomic mass is 16.3. The Balaban J connectivity index is 1.34. The minimum Gasteiger partial charge on any atom is -0.393 e. The zero-order valence-corrected chi connectivity index (χ0v) is 19.7. The van der Waals surface area contributed by atoms with Crippen molar-refractivity contribution < 1.29 is 14.7 Å². The van der Waals surface area contributed by atoms with E-state index in [0.29, 0.717) is 61.8 Å². The Labute approximate surface area is 201 Å². The molecule has 2 heterocycles. The molecule has 2 amide bonds. The first-order valence-corrected chi connectivity index (χ1v) is 12.0.